The fourth-order valence-corrected chi connectivity index (χ4v) is 2.04. The van der Waals surface area contributed by atoms with E-state index in [1.54, 1.807) is 0 Å². The van der Waals surface area contributed by atoms with E-state index in [0.717, 1.165) is 29.1 Å². The van der Waals surface area contributed by atoms with Gasteiger partial charge in [0.15, 0.2) is 0 Å². The number of allylic oxidation sites excluding steroid dienone is 1. The molecule has 1 aliphatic rings. The molecule has 2 aromatic carbocycles. The fraction of sp³-hybridized carbons (Fsp3) is 0.118. The molecule has 0 unspecified atom stereocenters. The Kier molecular flexibility index (Phi) is 3.41. The van der Waals surface area contributed by atoms with Crippen molar-refractivity contribution in [2.45, 2.75) is 6.42 Å². The minimum absolute atomic E-state index is 0.552. The van der Waals surface area contributed by atoms with E-state index >= 15 is 0 Å². The smallest absolute Gasteiger partial charge is 0.127 e. The van der Waals surface area contributed by atoms with E-state index in [1.165, 1.54) is 0 Å². The van der Waals surface area contributed by atoms with Crippen molar-refractivity contribution < 1.29 is 4.74 Å². The second-order valence-electron chi connectivity index (χ2n) is 4.44. The minimum atomic E-state index is 0.552. The predicted octanol–water partition coefficient (Wildman–Crippen LogP) is 3.95. The van der Waals surface area contributed by atoms with E-state index < -0.39 is 0 Å². The summed E-state index contributed by atoms with van der Waals surface area (Å²) < 4.78 is 5.71. The summed E-state index contributed by atoms with van der Waals surface area (Å²) in [5, 5.41) is 0. The Morgan fingerprint density at radius 3 is 2.32 bits per heavy atom. The van der Waals surface area contributed by atoms with Crippen molar-refractivity contribution in [3.63, 3.8) is 0 Å². The normalized spacial score (nSPS) is 13.9. The molecule has 0 aliphatic carbocycles. The third-order valence-electron chi connectivity index (χ3n) is 3.03. The summed E-state index contributed by atoms with van der Waals surface area (Å²) in [5.41, 5.74) is 3.28. The van der Waals surface area contributed by atoms with Crippen LogP contribution >= 0.6 is 0 Å². The highest BCUT2D eigenvalue weighted by atomic mass is 16.5. The third kappa shape index (κ3) is 2.91. The van der Waals surface area contributed by atoms with Gasteiger partial charge in [0.05, 0.1) is 11.4 Å². The zero-order chi connectivity index (χ0) is 12.9. The number of hydrogen-bond donors (Lipinski definition) is 0. The molecule has 2 aromatic rings. The Bertz CT molecular complexity index is 600. The Morgan fingerprint density at radius 1 is 0.895 bits per heavy atom. The molecule has 0 amide bonds. The van der Waals surface area contributed by atoms with Gasteiger partial charge in [-0.25, -0.2) is 0 Å². The van der Waals surface area contributed by atoms with E-state index in [2.05, 4.69) is 23.2 Å². The molecular weight excluding hydrogens is 234 g/mol. The Morgan fingerprint density at radius 2 is 1.58 bits per heavy atom. The quantitative estimate of drug-likeness (QED) is 0.804. The topological polar surface area (TPSA) is 21.6 Å². The lowest BCUT2D eigenvalue weighted by atomic mass is 10.1. The van der Waals surface area contributed by atoms with Crippen molar-refractivity contribution in [1.82, 2.24) is 0 Å². The maximum atomic E-state index is 5.71. The van der Waals surface area contributed by atoms with E-state index in [1.807, 2.05) is 48.5 Å². The van der Waals surface area contributed by atoms with E-state index in [-0.39, 0.29) is 0 Å². The van der Waals surface area contributed by atoms with Crippen LogP contribution < -0.4 is 4.74 Å². The van der Waals surface area contributed by atoms with Crippen LogP contribution in [0.3, 0.4) is 0 Å². The summed E-state index contributed by atoms with van der Waals surface area (Å²) in [6.07, 6.45) is 3.02. The van der Waals surface area contributed by atoms with Gasteiger partial charge in [-0.15, -0.1) is 0 Å². The van der Waals surface area contributed by atoms with Crippen molar-refractivity contribution in [2.75, 3.05) is 6.61 Å². The lowest BCUT2D eigenvalue weighted by Gasteiger charge is -2.05. The first-order valence-corrected chi connectivity index (χ1v) is 6.42. The van der Waals surface area contributed by atoms with E-state index in [4.69, 9.17) is 4.74 Å². The molecule has 0 saturated heterocycles. The number of rotatable bonds is 4. The summed E-state index contributed by atoms with van der Waals surface area (Å²) in [4.78, 5) is 4.63. The Hall–Kier alpha value is -2.35. The average molecular weight is 249 g/mol. The molecule has 0 aromatic heterocycles. The van der Waals surface area contributed by atoms with Crippen molar-refractivity contribution >= 4 is 11.4 Å². The lowest BCUT2D eigenvalue weighted by molar-refractivity contribution is 0.375. The van der Waals surface area contributed by atoms with Gasteiger partial charge in [-0.05, 0) is 17.7 Å². The third-order valence-corrected chi connectivity index (χ3v) is 3.03. The van der Waals surface area contributed by atoms with Gasteiger partial charge in [0.1, 0.15) is 12.4 Å². The first-order chi connectivity index (χ1) is 9.42. The number of nitrogens with zero attached hydrogens (tertiary/aromatic N) is 1. The monoisotopic (exact) mass is 249 g/mol. The molecule has 0 saturated carbocycles. The Balaban J connectivity index is 1.63. The first kappa shape index (κ1) is 11.7. The molecule has 0 bridgehead atoms. The first-order valence-electron chi connectivity index (χ1n) is 6.42. The highest BCUT2D eigenvalue weighted by Gasteiger charge is 2.10. The van der Waals surface area contributed by atoms with Gasteiger partial charge >= 0.3 is 0 Å². The molecule has 19 heavy (non-hydrogen) atoms. The summed E-state index contributed by atoms with van der Waals surface area (Å²) >= 11 is 0. The molecule has 3 rings (SSSR count). The number of ether oxygens (including phenoxy) is 1. The van der Waals surface area contributed by atoms with Crippen LogP contribution in [0, 0.1) is 0 Å². The highest BCUT2D eigenvalue weighted by Crippen LogP contribution is 2.22. The molecule has 94 valence electrons. The second kappa shape index (κ2) is 5.53. The predicted molar refractivity (Wildman–Crippen MR) is 78.4 cm³/mol. The van der Waals surface area contributed by atoms with Crippen LogP contribution in [0.15, 0.2) is 71.7 Å². The molecule has 2 nitrogen and oxygen atoms in total. The van der Waals surface area contributed by atoms with Crippen LogP contribution in [0.2, 0.25) is 0 Å². The van der Waals surface area contributed by atoms with Crippen molar-refractivity contribution in [3.8, 4) is 5.75 Å². The van der Waals surface area contributed by atoms with Crippen molar-refractivity contribution in [3.05, 3.63) is 72.3 Å². The van der Waals surface area contributed by atoms with Crippen LogP contribution in [-0.2, 0) is 0 Å². The highest BCUT2D eigenvalue weighted by molar-refractivity contribution is 5.96. The Labute approximate surface area is 113 Å². The summed E-state index contributed by atoms with van der Waals surface area (Å²) in [7, 11) is 0. The van der Waals surface area contributed by atoms with Gasteiger partial charge in [-0.1, -0.05) is 54.6 Å². The molecule has 1 aliphatic heterocycles. The maximum Gasteiger partial charge on any atom is 0.127 e. The van der Waals surface area contributed by atoms with Gasteiger partial charge < -0.3 is 4.74 Å². The molecule has 0 N–H and O–H groups in total. The standard InChI is InChI=1S/C17H15NO/c1-3-7-14(8-4-1)17-12-11-15(18-17)13-19-16-9-5-2-6-10-16/h1-10,12H,11,13H2. The van der Waals surface area contributed by atoms with Gasteiger partial charge in [-0.3, -0.25) is 4.99 Å². The van der Waals surface area contributed by atoms with Crippen LogP contribution in [0.25, 0.3) is 5.70 Å². The summed E-state index contributed by atoms with van der Waals surface area (Å²) in [6, 6.07) is 20.1. The van der Waals surface area contributed by atoms with E-state index in [9.17, 15) is 0 Å². The maximum absolute atomic E-state index is 5.71. The second-order valence-corrected chi connectivity index (χ2v) is 4.44. The van der Waals surface area contributed by atoms with Crippen LogP contribution in [0.1, 0.15) is 12.0 Å². The SMILES string of the molecule is C1=C(c2ccccc2)N=C(COc2ccccc2)C1. The molecule has 0 spiro atoms. The summed E-state index contributed by atoms with van der Waals surface area (Å²) in [5.74, 6) is 0.887. The molecule has 0 radical (unpaired) electrons. The zero-order valence-corrected chi connectivity index (χ0v) is 10.6. The van der Waals surface area contributed by atoms with Gasteiger partial charge in [0.2, 0.25) is 0 Å². The van der Waals surface area contributed by atoms with Crippen molar-refractivity contribution in [1.29, 1.82) is 0 Å². The lowest BCUT2D eigenvalue weighted by Crippen LogP contribution is -2.08. The van der Waals surface area contributed by atoms with Gasteiger partial charge in [0.25, 0.3) is 0 Å². The largest absolute Gasteiger partial charge is 0.488 e. The minimum Gasteiger partial charge on any atom is -0.488 e. The zero-order valence-electron chi connectivity index (χ0n) is 10.6. The van der Waals surface area contributed by atoms with Gasteiger partial charge in [0, 0.05) is 6.42 Å². The number of hydrogen-bond acceptors (Lipinski definition) is 2. The molecule has 2 heteroatoms. The summed E-state index contributed by atoms with van der Waals surface area (Å²) in [6.45, 7) is 0.552. The number of aliphatic imine (C=N–C) groups is 1. The van der Waals surface area contributed by atoms with Crippen LogP contribution in [-0.4, -0.2) is 12.3 Å². The van der Waals surface area contributed by atoms with Crippen LogP contribution in [0.4, 0.5) is 0 Å². The fourth-order valence-electron chi connectivity index (χ4n) is 2.04. The molecule has 1 heterocycles. The molecule has 0 atom stereocenters. The molecule has 0 fully saturated rings. The number of benzene rings is 2. The average Bonchev–Trinajstić information content (AvgIpc) is 2.96. The number of para-hydroxylation sites is 1. The van der Waals surface area contributed by atoms with Crippen LogP contribution in [0.5, 0.6) is 5.75 Å². The van der Waals surface area contributed by atoms with E-state index in [0.29, 0.717) is 6.61 Å². The molecular formula is C17H15NO. The van der Waals surface area contributed by atoms with Gasteiger partial charge in [-0.2, -0.15) is 0 Å². The van der Waals surface area contributed by atoms with Crippen molar-refractivity contribution in [2.24, 2.45) is 4.99 Å².